The summed E-state index contributed by atoms with van der Waals surface area (Å²) in [5.74, 6) is -0.686. The summed E-state index contributed by atoms with van der Waals surface area (Å²) < 4.78 is 27.5. The Morgan fingerprint density at radius 1 is 1.46 bits per heavy atom. The van der Waals surface area contributed by atoms with Crippen molar-refractivity contribution in [1.29, 1.82) is 0 Å². The maximum atomic E-state index is 13.1. The number of aryl methyl sites for hydroxylation is 1. The molecule has 2 aromatic rings. The molecule has 4 nitrogen and oxygen atoms in total. The van der Waals surface area contributed by atoms with Gasteiger partial charge in [-0.3, -0.25) is 9.48 Å². The topological polar surface area (TPSA) is 46.9 Å². The monoisotopic (exact) mass is 375 g/mol. The van der Waals surface area contributed by atoms with Gasteiger partial charge in [0.2, 0.25) is 0 Å². The number of rotatable bonds is 3. The zero-order valence-corrected chi connectivity index (χ0v) is 15.4. The van der Waals surface area contributed by atoms with Crippen LogP contribution in [0, 0.1) is 0 Å². The van der Waals surface area contributed by atoms with Gasteiger partial charge in [0.25, 0.3) is 12.3 Å². The molecular weight excluding hydrogens is 358 g/mol. The van der Waals surface area contributed by atoms with Crippen LogP contribution in [-0.4, -0.2) is 23.5 Å². The molecule has 3 rings (SSSR count). The zero-order valence-electron chi connectivity index (χ0n) is 14.6. The highest BCUT2D eigenvalue weighted by Gasteiger charge is 2.31. The summed E-state index contributed by atoms with van der Waals surface area (Å²) in [5, 5.41) is 6.42. The van der Waals surface area contributed by atoms with E-state index in [2.05, 4.69) is 17.0 Å². The maximum absolute atomic E-state index is 13.1. The lowest BCUT2D eigenvalue weighted by Crippen LogP contribution is -2.15. The van der Waals surface area contributed by atoms with Crippen LogP contribution in [-0.2, 0) is 7.05 Å². The number of halogens is 3. The van der Waals surface area contributed by atoms with Crippen molar-refractivity contribution in [3.05, 3.63) is 63.9 Å². The number of nitrogens with one attached hydrogen (secondary N) is 1. The molecule has 1 amide bonds. The van der Waals surface area contributed by atoms with Gasteiger partial charge in [0.1, 0.15) is 5.69 Å². The summed E-state index contributed by atoms with van der Waals surface area (Å²) in [4.78, 5) is 13.2. The molecule has 0 fully saturated rings. The van der Waals surface area contributed by atoms with Crippen molar-refractivity contribution in [2.75, 3.05) is 5.32 Å². The number of nitrogens with zero attached hydrogens (tertiary/aromatic N) is 2. The van der Waals surface area contributed by atoms with Crippen LogP contribution in [0.1, 0.15) is 46.4 Å². The third-order valence-corrected chi connectivity index (χ3v) is 4.75. The Balaban J connectivity index is 2.01. The molecule has 1 aromatic heterocycles. The Morgan fingerprint density at radius 3 is 2.77 bits per heavy atom. The quantitative estimate of drug-likeness (QED) is 0.829. The number of allylic oxidation sites excluding steroid dienone is 2. The minimum atomic E-state index is -2.83. The molecule has 1 aliphatic rings. The number of amides is 1. The van der Waals surface area contributed by atoms with E-state index in [0.717, 1.165) is 22.3 Å². The van der Waals surface area contributed by atoms with Crippen LogP contribution in [0.4, 0.5) is 14.5 Å². The van der Waals surface area contributed by atoms with Gasteiger partial charge in [-0.2, -0.15) is 5.10 Å². The molecule has 134 valence electrons. The summed E-state index contributed by atoms with van der Waals surface area (Å²) >= 11 is 6.21. The van der Waals surface area contributed by atoms with E-state index >= 15 is 0 Å². The highest BCUT2D eigenvalue weighted by molar-refractivity contribution is 6.53. The van der Waals surface area contributed by atoms with Gasteiger partial charge in [-0.15, -0.1) is 11.6 Å². The number of fused-ring (bicyclic) bond motifs is 1. The molecule has 0 aliphatic heterocycles. The minimum Gasteiger partial charge on any atom is -0.322 e. The molecule has 8 heteroatoms. The molecule has 0 saturated heterocycles. The Hall–Kier alpha value is -2.41. The molecule has 1 unspecified atom stereocenters. The van der Waals surface area contributed by atoms with Gasteiger partial charge in [0.05, 0.1) is 5.56 Å². The Kier molecular flexibility index (Phi) is 4.75. The van der Waals surface area contributed by atoms with E-state index in [0.29, 0.717) is 10.6 Å². The fraction of sp³-hybridized carbons (Fsp3) is 0.222. The molecule has 0 spiro atoms. The molecule has 0 radical (unpaired) electrons. The van der Waals surface area contributed by atoms with E-state index in [4.69, 9.17) is 11.6 Å². The van der Waals surface area contributed by atoms with Crippen LogP contribution < -0.4 is 5.32 Å². The largest absolute Gasteiger partial charge is 0.322 e. The molecule has 0 bridgehead atoms. The van der Waals surface area contributed by atoms with E-state index in [1.807, 2.05) is 13.0 Å². The van der Waals surface area contributed by atoms with Crippen LogP contribution in [0.15, 0.2) is 41.5 Å². The second-order valence-electron chi connectivity index (χ2n) is 6.27. The minimum absolute atomic E-state index is 0.0602. The van der Waals surface area contributed by atoms with Gasteiger partial charge in [0.15, 0.2) is 7.85 Å². The predicted molar refractivity (Wildman–Crippen MR) is 101 cm³/mol. The first-order chi connectivity index (χ1) is 12.2. The lowest BCUT2D eigenvalue weighted by atomic mass is 9.92. The number of hydrogen-bond donors (Lipinski definition) is 1. The van der Waals surface area contributed by atoms with Crippen LogP contribution in [0.2, 0.25) is 0 Å². The Labute approximate surface area is 155 Å². The van der Waals surface area contributed by atoms with Crippen molar-refractivity contribution in [1.82, 2.24) is 9.78 Å². The van der Waals surface area contributed by atoms with Gasteiger partial charge in [-0.25, -0.2) is 8.78 Å². The van der Waals surface area contributed by atoms with Gasteiger partial charge in [0, 0.05) is 24.8 Å². The van der Waals surface area contributed by atoms with E-state index in [-0.39, 0.29) is 11.5 Å². The Bertz CT molecular complexity index is 948. The predicted octanol–water partition coefficient (Wildman–Crippen LogP) is 3.82. The number of hydrogen-bond acceptors (Lipinski definition) is 2. The van der Waals surface area contributed by atoms with Crippen molar-refractivity contribution < 1.29 is 13.6 Å². The number of alkyl halides is 2. The number of carbonyl (C=O) groups excluding carboxylic acids is 1. The first-order valence-corrected chi connectivity index (χ1v) is 8.42. The van der Waals surface area contributed by atoms with Gasteiger partial charge in [-0.05, 0) is 33.3 Å². The van der Waals surface area contributed by atoms with E-state index < -0.39 is 18.0 Å². The highest BCUT2D eigenvalue weighted by atomic mass is 35.5. The summed E-state index contributed by atoms with van der Waals surface area (Å²) in [6, 6.07) is 5.44. The van der Waals surface area contributed by atoms with Crippen LogP contribution >= 0.6 is 11.6 Å². The van der Waals surface area contributed by atoms with Crippen molar-refractivity contribution in [3.63, 3.8) is 0 Å². The number of aromatic nitrogens is 2. The molecule has 26 heavy (non-hydrogen) atoms. The summed E-state index contributed by atoms with van der Waals surface area (Å²) in [6.45, 7) is 6.07. The summed E-state index contributed by atoms with van der Waals surface area (Å²) in [6.07, 6.45) is -1.54. The lowest BCUT2D eigenvalue weighted by Gasteiger charge is -2.14. The fourth-order valence-electron chi connectivity index (χ4n) is 3.49. The zero-order chi connectivity index (χ0) is 19.2. The molecule has 1 heterocycles. The summed E-state index contributed by atoms with van der Waals surface area (Å²) in [5.41, 5.74) is 3.37. The van der Waals surface area contributed by atoms with E-state index in [1.54, 1.807) is 20.0 Å². The molecule has 1 N–H and O–H groups in total. The molecule has 1 aromatic carbocycles. The standard InChI is InChI=1S/C18H17BClF2N3O/c1-8-10-5-4-6-12(14(10)9(2)13(8)16(19)20)23-18(26)11-7-25(3)24-15(11)17(21)22/h4-7,9,17H,1,19H2,2-3H3,(H,23,26)/b16-13+. The number of benzene rings is 1. The first kappa shape index (κ1) is 18.4. The molecule has 1 aliphatic carbocycles. The maximum Gasteiger partial charge on any atom is 0.282 e. The van der Waals surface area contributed by atoms with Crippen molar-refractivity contribution >= 4 is 36.6 Å². The van der Waals surface area contributed by atoms with E-state index in [9.17, 15) is 13.6 Å². The SMILES string of the molecule is B/C(Cl)=C1/C(=C)c2cccc(NC(=O)c3cn(C)nc3C(F)F)c2C1C. The van der Waals surface area contributed by atoms with Crippen LogP contribution in [0.25, 0.3) is 5.57 Å². The van der Waals surface area contributed by atoms with Gasteiger partial charge < -0.3 is 5.32 Å². The fourth-order valence-corrected chi connectivity index (χ4v) is 3.77. The molecular formula is C18H17BClF2N3O. The summed E-state index contributed by atoms with van der Waals surface area (Å²) in [7, 11) is 3.29. The van der Waals surface area contributed by atoms with Crippen LogP contribution in [0.3, 0.4) is 0 Å². The first-order valence-electron chi connectivity index (χ1n) is 8.04. The number of carbonyl (C=O) groups is 1. The third-order valence-electron chi connectivity index (χ3n) is 4.55. The van der Waals surface area contributed by atoms with Crippen molar-refractivity contribution in [3.8, 4) is 0 Å². The van der Waals surface area contributed by atoms with Gasteiger partial charge in [-0.1, -0.05) is 25.6 Å². The lowest BCUT2D eigenvalue weighted by molar-refractivity contribution is 0.101. The van der Waals surface area contributed by atoms with Gasteiger partial charge >= 0.3 is 0 Å². The van der Waals surface area contributed by atoms with Crippen LogP contribution in [0.5, 0.6) is 0 Å². The molecule has 1 atom stereocenters. The molecule has 0 saturated carbocycles. The second-order valence-corrected chi connectivity index (χ2v) is 6.84. The average Bonchev–Trinajstić information content (AvgIpc) is 3.07. The third kappa shape index (κ3) is 2.96. The van der Waals surface area contributed by atoms with Crippen molar-refractivity contribution in [2.45, 2.75) is 19.3 Å². The normalized spacial score (nSPS) is 18.2. The average molecular weight is 376 g/mol. The number of anilines is 1. The smallest absolute Gasteiger partial charge is 0.282 e. The Morgan fingerprint density at radius 2 is 2.15 bits per heavy atom. The van der Waals surface area contributed by atoms with Crippen molar-refractivity contribution in [2.24, 2.45) is 7.05 Å². The second kappa shape index (κ2) is 6.72. The highest BCUT2D eigenvalue weighted by Crippen LogP contribution is 2.49. The van der Waals surface area contributed by atoms with E-state index in [1.165, 1.54) is 17.9 Å².